The molecule has 126 valence electrons. The molecule has 23 heavy (non-hydrogen) atoms. The molecule has 3 nitrogen and oxygen atoms in total. The SMILES string of the molecule is CC1(C)CN(C(=O)C2CCC(c3ccccc3)CC2)CCS1=O. The molecule has 1 saturated heterocycles. The number of carbonyl (C=O) groups is 1. The number of amides is 1. The number of rotatable bonds is 2. The predicted molar refractivity (Wildman–Crippen MR) is 94.8 cm³/mol. The summed E-state index contributed by atoms with van der Waals surface area (Å²) in [4.78, 5) is 14.8. The van der Waals surface area contributed by atoms with E-state index in [4.69, 9.17) is 0 Å². The van der Waals surface area contributed by atoms with Gasteiger partial charge in [-0.25, -0.2) is 0 Å². The van der Waals surface area contributed by atoms with E-state index in [1.807, 2.05) is 18.7 Å². The second kappa shape index (κ2) is 6.76. The van der Waals surface area contributed by atoms with Gasteiger partial charge in [0.2, 0.25) is 5.91 Å². The first kappa shape index (κ1) is 16.7. The topological polar surface area (TPSA) is 37.4 Å². The Morgan fingerprint density at radius 1 is 1.13 bits per heavy atom. The molecule has 0 spiro atoms. The lowest BCUT2D eigenvalue weighted by molar-refractivity contribution is -0.137. The van der Waals surface area contributed by atoms with Crippen molar-refractivity contribution in [2.45, 2.75) is 50.2 Å². The molecule has 2 aliphatic rings. The van der Waals surface area contributed by atoms with Crippen LogP contribution < -0.4 is 0 Å². The van der Waals surface area contributed by atoms with Gasteiger partial charge in [0, 0.05) is 35.6 Å². The van der Waals surface area contributed by atoms with Crippen LogP contribution >= 0.6 is 0 Å². The fourth-order valence-corrected chi connectivity index (χ4v) is 5.16. The maximum absolute atomic E-state index is 12.8. The van der Waals surface area contributed by atoms with Gasteiger partial charge >= 0.3 is 0 Å². The highest BCUT2D eigenvalue weighted by molar-refractivity contribution is 7.86. The molecule has 0 N–H and O–H groups in total. The van der Waals surface area contributed by atoms with Gasteiger partial charge in [-0.3, -0.25) is 9.00 Å². The van der Waals surface area contributed by atoms with E-state index in [0.29, 0.717) is 30.7 Å². The number of benzene rings is 1. The van der Waals surface area contributed by atoms with Crippen LogP contribution in [0.2, 0.25) is 0 Å². The van der Waals surface area contributed by atoms with Crippen molar-refractivity contribution in [1.29, 1.82) is 0 Å². The minimum absolute atomic E-state index is 0.164. The first-order chi connectivity index (χ1) is 11.0. The fourth-order valence-electron chi connectivity index (χ4n) is 3.93. The second-order valence-corrected chi connectivity index (χ2v) is 9.73. The molecule has 3 rings (SSSR count). The highest BCUT2D eigenvalue weighted by Gasteiger charge is 2.38. The van der Waals surface area contributed by atoms with Gasteiger partial charge in [-0.15, -0.1) is 0 Å². The maximum atomic E-state index is 12.8. The van der Waals surface area contributed by atoms with Crippen LogP contribution in [0.3, 0.4) is 0 Å². The first-order valence-electron chi connectivity index (χ1n) is 8.69. The molecule has 0 radical (unpaired) electrons. The third kappa shape index (κ3) is 3.68. The molecule has 1 aromatic rings. The Hall–Kier alpha value is -1.16. The van der Waals surface area contributed by atoms with Gasteiger partial charge in [0.25, 0.3) is 0 Å². The van der Waals surface area contributed by atoms with Gasteiger partial charge in [0.15, 0.2) is 0 Å². The Labute approximate surface area is 141 Å². The summed E-state index contributed by atoms with van der Waals surface area (Å²) in [5, 5.41) is 0. The van der Waals surface area contributed by atoms with Crippen molar-refractivity contribution in [3.8, 4) is 0 Å². The third-order valence-electron chi connectivity index (χ3n) is 5.39. The Morgan fingerprint density at radius 2 is 1.78 bits per heavy atom. The summed E-state index contributed by atoms with van der Waals surface area (Å²) in [5.41, 5.74) is 1.41. The number of hydrogen-bond donors (Lipinski definition) is 0. The lowest BCUT2D eigenvalue weighted by Crippen LogP contribution is -2.53. The molecular formula is C19H27NO2S. The zero-order chi connectivity index (χ0) is 16.4. The average Bonchev–Trinajstić information content (AvgIpc) is 2.57. The van der Waals surface area contributed by atoms with Crippen LogP contribution in [0.5, 0.6) is 0 Å². The lowest BCUT2D eigenvalue weighted by Gasteiger charge is -2.40. The Kier molecular flexibility index (Phi) is 4.90. The number of nitrogens with zero attached hydrogens (tertiary/aromatic N) is 1. The van der Waals surface area contributed by atoms with Crippen molar-refractivity contribution in [2.75, 3.05) is 18.8 Å². The lowest BCUT2D eigenvalue weighted by atomic mass is 9.78. The summed E-state index contributed by atoms with van der Waals surface area (Å²) < 4.78 is 11.8. The molecule has 4 heteroatoms. The molecular weight excluding hydrogens is 306 g/mol. The van der Waals surface area contributed by atoms with Gasteiger partial charge in [0.1, 0.15) is 0 Å². The number of carbonyl (C=O) groups excluding carboxylic acids is 1. The van der Waals surface area contributed by atoms with E-state index in [0.717, 1.165) is 25.7 Å². The van der Waals surface area contributed by atoms with Crippen LogP contribution in [0.15, 0.2) is 30.3 Å². The molecule has 2 fully saturated rings. The van der Waals surface area contributed by atoms with Crippen molar-refractivity contribution in [3.63, 3.8) is 0 Å². The summed E-state index contributed by atoms with van der Waals surface area (Å²) in [6.07, 6.45) is 4.17. The quantitative estimate of drug-likeness (QED) is 0.832. The van der Waals surface area contributed by atoms with Gasteiger partial charge < -0.3 is 4.90 Å². The summed E-state index contributed by atoms with van der Waals surface area (Å²) in [5.74, 6) is 1.68. The molecule has 0 aromatic heterocycles. The normalized spacial score (nSPS) is 30.9. The van der Waals surface area contributed by atoms with E-state index < -0.39 is 10.8 Å². The fraction of sp³-hybridized carbons (Fsp3) is 0.632. The second-order valence-electron chi connectivity index (χ2n) is 7.53. The van der Waals surface area contributed by atoms with Crippen molar-refractivity contribution in [2.24, 2.45) is 5.92 Å². The summed E-state index contributed by atoms with van der Waals surface area (Å²) >= 11 is 0. The van der Waals surface area contributed by atoms with Crippen molar-refractivity contribution in [3.05, 3.63) is 35.9 Å². The third-order valence-corrected chi connectivity index (χ3v) is 7.31. The van der Waals surface area contributed by atoms with E-state index in [2.05, 4.69) is 30.3 Å². The molecule has 1 saturated carbocycles. The van der Waals surface area contributed by atoms with Crippen LogP contribution in [-0.2, 0) is 15.6 Å². The van der Waals surface area contributed by atoms with Crippen LogP contribution in [0.1, 0.15) is 51.0 Å². The zero-order valence-corrected chi connectivity index (χ0v) is 15.0. The average molecular weight is 333 g/mol. The largest absolute Gasteiger partial charge is 0.340 e. The van der Waals surface area contributed by atoms with Gasteiger partial charge in [0.05, 0.1) is 4.75 Å². The molecule has 1 aliphatic heterocycles. The summed E-state index contributed by atoms with van der Waals surface area (Å²) in [7, 11) is -0.817. The Balaban J connectivity index is 1.57. The van der Waals surface area contributed by atoms with E-state index in [1.165, 1.54) is 5.56 Å². The molecule has 1 unspecified atom stereocenters. The molecule has 1 amide bonds. The standard InChI is InChI=1S/C19H27NO2S/c1-19(2)14-20(12-13-23(19)22)18(21)17-10-8-16(9-11-17)15-6-4-3-5-7-15/h3-7,16-17H,8-14H2,1-2H3. The van der Waals surface area contributed by atoms with Crippen molar-refractivity contribution >= 4 is 16.7 Å². The monoisotopic (exact) mass is 333 g/mol. The number of hydrogen-bond acceptors (Lipinski definition) is 2. The van der Waals surface area contributed by atoms with E-state index in [-0.39, 0.29) is 10.7 Å². The van der Waals surface area contributed by atoms with Crippen LogP contribution in [0, 0.1) is 5.92 Å². The van der Waals surface area contributed by atoms with Crippen LogP contribution in [0.4, 0.5) is 0 Å². The summed E-state index contributed by atoms with van der Waals surface area (Å²) in [6, 6.07) is 10.7. The predicted octanol–water partition coefficient (Wildman–Crippen LogP) is 3.33. The van der Waals surface area contributed by atoms with Gasteiger partial charge in [-0.1, -0.05) is 30.3 Å². The molecule has 1 atom stereocenters. The minimum Gasteiger partial charge on any atom is -0.340 e. The van der Waals surface area contributed by atoms with Crippen LogP contribution in [0.25, 0.3) is 0 Å². The zero-order valence-electron chi connectivity index (χ0n) is 14.2. The minimum atomic E-state index is -0.817. The van der Waals surface area contributed by atoms with E-state index >= 15 is 0 Å². The summed E-state index contributed by atoms with van der Waals surface area (Å²) in [6.45, 7) is 5.31. The Morgan fingerprint density at radius 3 is 2.39 bits per heavy atom. The molecule has 1 aromatic carbocycles. The van der Waals surface area contributed by atoms with E-state index in [9.17, 15) is 9.00 Å². The highest BCUT2D eigenvalue weighted by Crippen LogP contribution is 2.37. The van der Waals surface area contributed by atoms with E-state index in [1.54, 1.807) is 0 Å². The van der Waals surface area contributed by atoms with Crippen molar-refractivity contribution < 1.29 is 9.00 Å². The highest BCUT2D eigenvalue weighted by atomic mass is 32.2. The smallest absolute Gasteiger partial charge is 0.225 e. The van der Waals surface area contributed by atoms with Crippen molar-refractivity contribution in [1.82, 2.24) is 4.90 Å². The maximum Gasteiger partial charge on any atom is 0.225 e. The Bertz CT molecular complexity index is 576. The molecule has 1 heterocycles. The molecule has 1 aliphatic carbocycles. The first-order valence-corrected chi connectivity index (χ1v) is 10.0. The van der Waals surface area contributed by atoms with Gasteiger partial charge in [-0.2, -0.15) is 0 Å². The van der Waals surface area contributed by atoms with Crippen LogP contribution in [-0.4, -0.2) is 38.6 Å². The van der Waals surface area contributed by atoms with Gasteiger partial charge in [-0.05, 0) is 51.0 Å². The molecule has 0 bridgehead atoms.